The summed E-state index contributed by atoms with van der Waals surface area (Å²) in [5.74, 6) is -3.07. The molecule has 0 aromatic heterocycles. The molecule has 1 aliphatic heterocycles. The van der Waals surface area contributed by atoms with Crippen LogP contribution in [0.15, 0.2) is 18.2 Å². The van der Waals surface area contributed by atoms with Crippen molar-refractivity contribution in [1.29, 1.82) is 0 Å². The number of aliphatic carboxylic acids is 1. The molecule has 2 aliphatic rings. The fourth-order valence-electron chi connectivity index (χ4n) is 6.36. The SMILES string of the molecule is COCCCOc1cc(C[C@@H](C[C@H]2[C@H](C[C@H](C(=O)NCC(C)(C)C(N)=O)C(C)C)OCN2C(=O)OCOC(=O)C2(C[NH3+])CC2)C(C)C)ccc1OC.O=C([O-])C(F)(F)F. The largest absolute Gasteiger partial charge is 0.542 e. The van der Waals surface area contributed by atoms with Crippen molar-refractivity contribution in [3.05, 3.63) is 23.8 Å². The van der Waals surface area contributed by atoms with Crippen LogP contribution < -0.4 is 31.4 Å². The number of amides is 3. The molecule has 3 amide bonds. The lowest BCUT2D eigenvalue weighted by Gasteiger charge is -2.33. The van der Waals surface area contributed by atoms with Crippen LogP contribution in [0.4, 0.5) is 18.0 Å². The predicted molar refractivity (Wildman–Crippen MR) is 204 cm³/mol. The second-order valence-corrected chi connectivity index (χ2v) is 16.3. The molecule has 1 aromatic rings. The molecular formula is C40H63F3N4O12. The maximum atomic E-state index is 13.6. The highest BCUT2D eigenvalue weighted by Crippen LogP contribution is 2.45. The Hall–Kier alpha value is -4.36. The van der Waals surface area contributed by atoms with Crippen molar-refractivity contribution < 1.29 is 76.4 Å². The highest BCUT2D eigenvalue weighted by Gasteiger charge is 2.52. The normalized spacial score (nSPS) is 18.3. The highest BCUT2D eigenvalue weighted by molar-refractivity contribution is 5.83. The average Bonchev–Trinajstić information content (AvgIpc) is 3.88. The molecule has 1 heterocycles. The van der Waals surface area contributed by atoms with Crippen molar-refractivity contribution in [2.75, 3.05) is 54.0 Å². The molecule has 0 unspecified atom stereocenters. The Bertz CT molecular complexity index is 1550. The van der Waals surface area contributed by atoms with E-state index in [0.29, 0.717) is 63.4 Å². The number of esters is 1. The maximum Gasteiger partial charge on any atom is 0.430 e. The van der Waals surface area contributed by atoms with Gasteiger partial charge in [0.1, 0.15) is 18.1 Å². The number of carbonyl (C=O) groups is 5. The number of hydrogen-bond acceptors (Lipinski definition) is 12. The molecule has 0 bridgehead atoms. The third-order valence-corrected chi connectivity index (χ3v) is 10.8. The molecule has 1 aliphatic carbocycles. The summed E-state index contributed by atoms with van der Waals surface area (Å²) in [6.07, 6.45) is -2.61. The quantitative estimate of drug-likeness (QED) is 0.0869. The van der Waals surface area contributed by atoms with E-state index in [9.17, 15) is 32.3 Å². The topological polar surface area (TPSA) is 233 Å². The molecule has 0 spiro atoms. The molecule has 1 saturated carbocycles. The summed E-state index contributed by atoms with van der Waals surface area (Å²) in [4.78, 5) is 61.9. The Morgan fingerprint density at radius 2 is 1.66 bits per heavy atom. The summed E-state index contributed by atoms with van der Waals surface area (Å²) >= 11 is 0. The lowest BCUT2D eigenvalue weighted by atomic mass is 9.80. The molecular weight excluding hydrogens is 785 g/mol. The fraction of sp³-hybridized carbons (Fsp3) is 0.725. The van der Waals surface area contributed by atoms with Crippen LogP contribution in [-0.2, 0) is 44.5 Å². The zero-order valence-corrected chi connectivity index (χ0v) is 35.4. The van der Waals surface area contributed by atoms with Crippen LogP contribution in [0.25, 0.3) is 0 Å². The number of benzene rings is 1. The van der Waals surface area contributed by atoms with E-state index in [-0.39, 0.29) is 36.9 Å². The van der Waals surface area contributed by atoms with Gasteiger partial charge in [0.05, 0.1) is 37.8 Å². The number of carbonyl (C=O) groups excluding carboxylic acids is 5. The van der Waals surface area contributed by atoms with Gasteiger partial charge in [-0.25, -0.2) is 4.79 Å². The van der Waals surface area contributed by atoms with Gasteiger partial charge in [-0.15, -0.1) is 0 Å². The molecule has 0 radical (unpaired) electrons. The Morgan fingerprint density at radius 3 is 2.17 bits per heavy atom. The van der Waals surface area contributed by atoms with Gasteiger partial charge in [0.2, 0.25) is 18.6 Å². The lowest BCUT2D eigenvalue weighted by molar-refractivity contribution is -0.380. The first kappa shape index (κ1) is 50.8. The molecule has 16 nitrogen and oxygen atoms in total. The molecule has 336 valence electrons. The summed E-state index contributed by atoms with van der Waals surface area (Å²) in [5.41, 5.74) is 8.95. The highest BCUT2D eigenvalue weighted by atomic mass is 19.4. The van der Waals surface area contributed by atoms with Gasteiger partial charge in [0.25, 0.3) is 0 Å². The number of quaternary nitrogens is 1. The second kappa shape index (κ2) is 22.9. The monoisotopic (exact) mass is 848 g/mol. The Morgan fingerprint density at radius 1 is 1.02 bits per heavy atom. The molecule has 3 rings (SSSR count). The van der Waals surface area contributed by atoms with Crippen LogP contribution in [0.2, 0.25) is 0 Å². The van der Waals surface area contributed by atoms with Crippen LogP contribution in [0.1, 0.15) is 79.2 Å². The molecule has 2 fully saturated rings. The van der Waals surface area contributed by atoms with E-state index in [1.54, 1.807) is 28.1 Å². The van der Waals surface area contributed by atoms with E-state index >= 15 is 0 Å². The van der Waals surface area contributed by atoms with Crippen LogP contribution in [0, 0.1) is 34.5 Å². The number of hydrogen-bond donors (Lipinski definition) is 3. The lowest BCUT2D eigenvalue weighted by Crippen LogP contribution is -2.56. The molecule has 59 heavy (non-hydrogen) atoms. The minimum Gasteiger partial charge on any atom is -0.542 e. The third kappa shape index (κ3) is 15.6. The summed E-state index contributed by atoms with van der Waals surface area (Å²) in [6, 6.07) is 5.47. The average molecular weight is 849 g/mol. The summed E-state index contributed by atoms with van der Waals surface area (Å²) in [5, 5.41) is 11.7. The maximum absolute atomic E-state index is 13.6. The molecule has 6 N–H and O–H groups in total. The number of ether oxygens (including phenoxy) is 6. The van der Waals surface area contributed by atoms with Gasteiger partial charge in [0.15, 0.2) is 11.5 Å². The fourth-order valence-corrected chi connectivity index (χ4v) is 6.36. The van der Waals surface area contributed by atoms with Crippen molar-refractivity contribution in [2.45, 2.75) is 98.4 Å². The summed E-state index contributed by atoms with van der Waals surface area (Å²) in [7, 11) is 3.26. The number of alkyl halides is 3. The second-order valence-electron chi connectivity index (χ2n) is 16.3. The van der Waals surface area contributed by atoms with E-state index in [0.717, 1.165) is 12.0 Å². The van der Waals surface area contributed by atoms with Crippen molar-refractivity contribution in [2.24, 2.45) is 40.2 Å². The Kier molecular flexibility index (Phi) is 19.7. The van der Waals surface area contributed by atoms with E-state index in [1.807, 2.05) is 32.0 Å². The van der Waals surface area contributed by atoms with Gasteiger partial charge in [0, 0.05) is 32.6 Å². The van der Waals surface area contributed by atoms with Crippen molar-refractivity contribution in [3.8, 4) is 11.5 Å². The molecule has 19 heteroatoms. The smallest absolute Gasteiger partial charge is 0.430 e. The van der Waals surface area contributed by atoms with Crippen molar-refractivity contribution >= 4 is 29.8 Å². The standard InChI is InChI=1S/C38H62N4O10.C2HF3O2/c1-24(2)27(16-26-10-11-30(48-8)32(17-26)49-15-9-14-47-7)18-29-31(19-28(25(3)4)33(43)41-21-37(5,6)34(40)44)50-22-42(29)36(46)52-23-51-35(45)38(20-39)12-13-38;3-2(4,5)1(6)7/h10-11,17,24-25,27-29,31H,9,12-16,18-23,39H2,1-8H3,(H2,40,44)(H,41,43);(H,6,7)/t27-,28-,29-,31-;/m0./s1. The number of methoxy groups -OCH3 is 2. The zero-order valence-electron chi connectivity index (χ0n) is 35.4. The minimum atomic E-state index is -5.19. The first-order valence-electron chi connectivity index (χ1n) is 19.7. The van der Waals surface area contributed by atoms with Crippen LogP contribution in [0.5, 0.6) is 11.5 Å². The van der Waals surface area contributed by atoms with E-state index in [4.69, 9.17) is 44.1 Å². The number of nitrogens with two attached hydrogens (primary N) is 1. The third-order valence-electron chi connectivity index (χ3n) is 10.8. The number of halogens is 3. The minimum absolute atomic E-state index is 0.0428. The number of rotatable bonds is 22. The van der Waals surface area contributed by atoms with Gasteiger partial charge in [-0.05, 0) is 81.4 Å². The number of nitrogens with zero attached hydrogens (tertiary/aromatic N) is 1. The first-order valence-corrected chi connectivity index (χ1v) is 19.7. The number of carboxylic acid groups (broad SMARTS) is 1. The summed E-state index contributed by atoms with van der Waals surface area (Å²) < 4.78 is 65.4. The number of carboxylic acids is 1. The number of primary amides is 1. The van der Waals surface area contributed by atoms with Gasteiger partial charge in [-0.1, -0.05) is 33.8 Å². The molecule has 4 atom stereocenters. The zero-order chi connectivity index (χ0) is 44.7. The van der Waals surface area contributed by atoms with Crippen LogP contribution >= 0.6 is 0 Å². The van der Waals surface area contributed by atoms with Gasteiger partial charge in [-0.3, -0.25) is 19.3 Å². The molecule has 1 aromatic carbocycles. The van der Waals surface area contributed by atoms with E-state index < -0.39 is 65.8 Å². The summed E-state index contributed by atoms with van der Waals surface area (Å²) in [6.45, 7) is 12.6. The van der Waals surface area contributed by atoms with E-state index in [1.165, 1.54) is 4.90 Å². The first-order chi connectivity index (χ1) is 27.5. The Labute approximate surface area is 344 Å². The Balaban J connectivity index is 0.00000157. The van der Waals surface area contributed by atoms with Crippen LogP contribution in [-0.4, -0.2) is 107 Å². The number of nitrogens with one attached hydrogen (secondary N) is 1. The predicted octanol–water partition coefficient (Wildman–Crippen LogP) is 2.59. The van der Waals surface area contributed by atoms with E-state index in [2.05, 4.69) is 24.9 Å². The van der Waals surface area contributed by atoms with Gasteiger partial charge < -0.3 is 55.1 Å². The molecule has 1 saturated heterocycles. The van der Waals surface area contributed by atoms with Crippen molar-refractivity contribution in [3.63, 3.8) is 0 Å². The van der Waals surface area contributed by atoms with Crippen molar-refractivity contribution in [1.82, 2.24) is 10.2 Å². The van der Waals surface area contributed by atoms with Gasteiger partial charge >= 0.3 is 18.2 Å². The van der Waals surface area contributed by atoms with Crippen LogP contribution in [0.3, 0.4) is 0 Å². The van der Waals surface area contributed by atoms with Gasteiger partial charge in [-0.2, -0.15) is 13.2 Å².